The van der Waals surface area contributed by atoms with Gasteiger partial charge in [-0.3, -0.25) is 0 Å². The minimum atomic E-state index is 0.285. The molecule has 2 saturated carbocycles. The normalized spacial score (nSPS) is 35.4. The van der Waals surface area contributed by atoms with Gasteiger partial charge >= 0.3 is 0 Å². The van der Waals surface area contributed by atoms with E-state index >= 15 is 0 Å². The molecule has 2 bridgehead atoms. The second-order valence-corrected chi connectivity index (χ2v) is 6.43. The zero-order chi connectivity index (χ0) is 12.8. The van der Waals surface area contributed by atoms with Crippen molar-refractivity contribution in [2.75, 3.05) is 13.2 Å². The van der Waals surface area contributed by atoms with E-state index < -0.39 is 0 Å². The number of fused-ring (bicyclic) bond motifs is 3. The van der Waals surface area contributed by atoms with Gasteiger partial charge in [-0.2, -0.15) is 0 Å². The highest BCUT2D eigenvalue weighted by molar-refractivity contribution is 5.44. The number of hydrogen-bond acceptors (Lipinski definition) is 3. The molecule has 2 aliphatic carbocycles. The van der Waals surface area contributed by atoms with Crippen molar-refractivity contribution in [2.45, 2.75) is 31.7 Å². The highest BCUT2D eigenvalue weighted by Crippen LogP contribution is 2.48. The van der Waals surface area contributed by atoms with E-state index in [0.29, 0.717) is 12.6 Å². The maximum absolute atomic E-state index is 9.46. The highest BCUT2D eigenvalue weighted by atomic mass is 16.5. The summed E-state index contributed by atoms with van der Waals surface area (Å²) in [6.45, 7) is 1.81. The third kappa shape index (κ3) is 2.00. The molecule has 1 aromatic carbocycles. The average molecular weight is 259 g/mol. The van der Waals surface area contributed by atoms with E-state index in [-0.39, 0.29) is 5.75 Å². The molecule has 0 aromatic heterocycles. The molecule has 3 heteroatoms. The van der Waals surface area contributed by atoms with Crippen molar-refractivity contribution in [3.63, 3.8) is 0 Å². The largest absolute Gasteiger partial charge is 0.508 e. The van der Waals surface area contributed by atoms with Crippen LogP contribution in [-0.4, -0.2) is 18.3 Å². The van der Waals surface area contributed by atoms with Crippen molar-refractivity contribution in [1.82, 2.24) is 5.32 Å². The van der Waals surface area contributed by atoms with E-state index in [1.54, 1.807) is 12.1 Å². The Labute approximate surface area is 114 Å². The Hall–Kier alpha value is -1.22. The van der Waals surface area contributed by atoms with E-state index in [0.717, 1.165) is 30.0 Å². The number of nitrogens with one attached hydrogen (secondary N) is 1. The molecular weight excluding hydrogens is 238 g/mol. The molecule has 4 unspecified atom stereocenters. The molecule has 2 fully saturated rings. The Balaban J connectivity index is 1.40. The number of rotatable bonds is 3. The number of phenolic OH excluding ortho intramolecular Hbond substituents is 1. The lowest BCUT2D eigenvalue weighted by Crippen LogP contribution is -2.30. The molecule has 19 heavy (non-hydrogen) atoms. The van der Waals surface area contributed by atoms with Crippen LogP contribution in [0.3, 0.4) is 0 Å². The average Bonchev–Trinajstić information content (AvgIpc) is 3.10. The molecule has 0 saturated heterocycles. The van der Waals surface area contributed by atoms with Crippen LogP contribution in [0.5, 0.6) is 11.5 Å². The summed E-state index contributed by atoms with van der Waals surface area (Å²) in [5.41, 5.74) is 1.20. The molecule has 1 heterocycles. The van der Waals surface area contributed by atoms with Crippen LogP contribution in [0.4, 0.5) is 0 Å². The van der Waals surface area contributed by atoms with Crippen LogP contribution in [0, 0.1) is 17.8 Å². The maximum atomic E-state index is 9.46. The van der Waals surface area contributed by atoms with Crippen LogP contribution < -0.4 is 10.1 Å². The van der Waals surface area contributed by atoms with Gasteiger partial charge in [-0.1, -0.05) is 6.42 Å². The predicted octanol–water partition coefficient (Wildman–Crippen LogP) is 2.85. The van der Waals surface area contributed by atoms with Gasteiger partial charge in [0.15, 0.2) is 0 Å². The van der Waals surface area contributed by atoms with Crippen LogP contribution in [0.15, 0.2) is 18.2 Å². The third-order valence-electron chi connectivity index (χ3n) is 5.29. The fraction of sp³-hybridized carbons (Fsp3) is 0.625. The molecule has 1 aliphatic heterocycles. The van der Waals surface area contributed by atoms with Crippen LogP contribution in [0.1, 0.15) is 37.3 Å². The molecule has 4 atom stereocenters. The van der Waals surface area contributed by atoms with Crippen molar-refractivity contribution < 1.29 is 9.84 Å². The molecule has 3 nitrogen and oxygen atoms in total. The van der Waals surface area contributed by atoms with Crippen LogP contribution in [0.25, 0.3) is 0 Å². The van der Waals surface area contributed by atoms with Crippen molar-refractivity contribution in [2.24, 2.45) is 17.8 Å². The van der Waals surface area contributed by atoms with E-state index in [1.165, 1.54) is 31.2 Å². The molecule has 4 rings (SSSR count). The first kappa shape index (κ1) is 11.6. The summed E-state index contributed by atoms with van der Waals surface area (Å²) in [7, 11) is 0. The maximum Gasteiger partial charge on any atom is 0.127 e. The third-order valence-corrected chi connectivity index (χ3v) is 5.29. The predicted molar refractivity (Wildman–Crippen MR) is 73.3 cm³/mol. The molecule has 0 amide bonds. The Bertz CT molecular complexity index is 488. The lowest BCUT2D eigenvalue weighted by molar-refractivity contribution is 0.274. The monoisotopic (exact) mass is 259 g/mol. The highest BCUT2D eigenvalue weighted by Gasteiger charge is 2.39. The Morgan fingerprint density at radius 1 is 1.26 bits per heavy atom. The first-order chi connectivity index (χ1) is 9.29. The number of hydrogen-bond donors (Lipinski definition) is 2. The second-order valence-electron chi connectivity index (χ2n) is 6.43. The lowest BCUT2D eigenvalue weighted by atomic mass is 9.88. The van der Waals surface area contributed by atoms with Gasteiger partial charge in [-0.25, -0.2) is 0 Å². The standard InChI is InChI=1S/C16H21NO2/c18-13-3-4-14-15(9-19-16(14)7-13)17-8-12-6-10-1-2-11(12)5-10/h3-4,7,10-12,15,17-18H,1-2,5-6,8-9H2. The molecule has 0 radical (unpaired) electrons. The SMILES string of the molecule is Oc1ccc2c(c1)OCC2NCC1CC2CCC1C2. The van der Waals surface area contributed by atoms with Crippen LogP contribution in [0.2, 0.25) is 0 Å². The van der Waals surface area contributed by atoms with Gasteiger partial charge in [0, 0.05) is 11.6 Å². The van der Waals surface area contributed by atoms with Gasteiger partial charge < -0.3 is 15.2 Å². The zero-order valence-electron chi connectivity index (χ0n) is 11.1. The summed E-state index contributed by atoms with van der Waals surface area (Å²) in [4.78, 5) is 0. The van der Waals surface area contributed by atoms with Crippen LogP contribution >= 0.6 is 0 Å². The molecular formula is C16H21NO2. The minimum Gasteiger partial charge on any atom is -0.508 e. The smallest absolute Gasteiger partial charge is 0.127 e. The second kappa shape index (κ2) is 4.41. The fourth-order valence-electron chi connectivity index (χ4n) is 4.29. The van der Waals surface area contributed by atoms with E-state index in [2.05, 4.69) is 5.32 Å². The summed E-state index contributed by atoms with van der Waals surface area (Å²) in [6, 6.07) is 5.75. The summed E-state index contributed by atoms with van der Waals surface area (Å²) in [5, 5.41) is 13.1. The number of phenols is 1. The summed E-state index contributed by atoms with van der Waals surface area (Å²) in [6.07, 6.45) is 5.81. The fourth-order valence-corrected chi connectivity index (χ4v) is 4.29. The molecule has 0 spiro atoms. The van der Waals surface area contributed by atoms with Gasteiger partial charge in [0.2, 0.25) is 0 Å². The first-order valence-electron chi connectivity index (χ1n) is 7.48. The van der Waals surface area contributed by atoms with Crippen molar-refractivity contribution in [1.29, 1.82) is 0 Å². The summed E-state index contributed by atoms with van der Waals surface area (Å²) >= 11 is 0. The van der Waals surface area contributed by atoms with E-state index in [9.17, 15) is 5.11 Å². The number of ether oxygens (including phenoxy) is 1. The Kier molecular flexibility index (Phi) is 2.69. The van der Waals surface area contributed by atoms with Gasteiger partial charge in [0.1, 0.15) is 18.1 Å². The Morgan fingerprint density at radius 2 is 2.21 bits per heavy atom. The number of aromatic hydroxyl groups is 1. The van der Waals surface area contributed by atoms with Gasteiger partial charge in [-0.05, 0) is 55.7 Å². The summed E-state index contributed by atoms with van der Waals surface area (Å²) < 4.78 is 5.65. The van der Waals surface area contributed by atoms with Gasteiger partial charge in [0.25, 0.3) is 0 Å². The van der Waals surface area contributed by atoms with Crippen molar-refractivity contribution in [3.8, 4) is 11.5 Å². The lowest BCUT2D eigenvalue weighted by Gasteiger charge is -2.23. The van der Waals surface area contributed by atoms with Gasteiger partial charge in [-0.15, -0.1) is 0 Å². The first-order valence-corrected chi connectivity index (χ1v) is 7.48. The van der Waals surface area contributed by atoms with Crippen molar-refractivity contribution in [3.05, 3.63) is 23.8 Å². The molecule has 102 valence electrons. The van der Waals surface area contributed by atoms with Crippen LogP contribution in [-0.2, 0) is 0 Å². The summed E-state index contributed by atoms with van der Waals surface area (Å²) in [5.74, 6) is 3.98. The molecule has 1 aromatic rings. The zero-order valence-corrected chi connectivity index (χ0v) is 11.1. The van der Waals surface area contributed by atoms with E-state index in [4.69, 9.17) is 4.74 Å². The minimum absolute atomic E-state index is 0.285. The molecule has 3 aliphatic rings. The number of benzene rings is 1. The quantitative estimate of drug-likeness (QED) is 0.877. The molecule has 2 N–H and O–H groups in total. The van der Waals surface area contributed by atoms with E-state index in [1.807, 2.05) is 6.07 Å². The van der Waals surface area contributed by atoms with Gasteiger partial charge in [0.05, 0.1) is 6.04 Å². The van der Waals surface area contributed by atoms with Crippen molar-refractivity contribution >= 4 is 0 Å². The Morgan fingerprint density at radius 3 is 3.00 bits per heavy atom. The topological polar surface area (TPSA) is 41.5 Å².